The molecule has 0 radical (unpaired) electrons. The molecule has 0 amide bonds. The van der Waals surface area contributed by atoms with Crippen LogP contribution in [0.3, 0.4) is 0 Å². The molecular weight excluding hydrogens is 380 g/mol. The molecule has 0 aliphatic heterocycles. The number of H-pyrrole nitrogens is 1. The summed E-state index contributed by atoms with van der Waals surface area (Å²) in [6, 6.07) is 15.2. The zero-order valence-corrected chi connectivity index (χ0v) is 15.9. The van der Waals surface area contributed by atoms with Crippen LogP contribution in [-0.4, -0.2) is 9.55 Å². The van der Waals surface area contributed by atoms with Crippen molar-refractivity contribution in [2.24, 2.45) is 0 Å². The summed E-state index contributed by atoms with van der Waals surface area (Å²) in [5.74, 6) is 0. The Morgan fingerprint density at radius 1 is 1.04 bits per heavy atom. The van der Waals surface area contributed by atoms with Gasteiger partial charge in [0.25, 0.3) is 5.56 Å². The second kappa shape index (κ2) is 6.22. The number of aryl methyl sites for hydroxylation is 1. The Morgan fingerprint density at radius 2 is 1.89 bits per heavy atom. The van der Waals surface area contributed by atoms with E-state index in [1.165, 1.54) is 21.5 Å². The third kappa shape index (κ3) is 2.58. The fraction of sp³-hybridized carbons (Fsp3) is 0.143. The van der Waals surface area contributed by atoms with Gasteiger partial charge in [-0.1, -0.05) is 41.9 Å². The van der Waals surface area contributed by atoms with Crippen molar-refractivity contribution in [3.8, 4) is 16.1 Å². The first-order valence-corrected chi connectivity index (χ1v) is 9.98. The van der Waals surface area contributed by atoms with E-state index in [0.29, 0.717) is 20.9 Å². The molecule has 5 rings (SSSR count). The quantitative estimate of drug-likeness (QED) is 0.542. The molecule has 6 heteroatoms. The van der Waals surface area contributed by atoms with Gasteiger partial charge in [-0.05, 0) is 48.6 Å². The normalized spacial score (nSPS) is 13.2. The third-order valence-corrected chi connectivity index (χ3v) is 6.56. The lowest BCUT2D eigenvalue weighted by atomic mass is 10.1. The van der Waals surface area contributed by atoms with E-state index in [0.717, 1.165) is 35.3 Å². The summed E-state index contributed by atoms with van der Waals surface area (Å²) < 4.78 is 1.81. The van der Waals surface area contributed by atoms with E-state index in [2.05, 4.69) is 11.1 Å². The Bertz CT molecular complexity index is 1320. The van der Waals surface area contributed by atoms with Crippen LogP contribution in [-0.2, 0) is 12.8 Å². The highest BCUT2D eigenvalue weighted by atomic mass is 35.5. The van der Waals surface area contributed by atoms with Crippen LogP contribution in [0.2, 0.25) is 5.02 Å². The van der Waals surface area contributed by atoms with Crippen LogP contribution in [0, 0.1) is 0 Å². The molecule has 1 aliphatic carbocycles. The maximum Gasteiger partial charge on any atom is 0.333 e. The SMILES string of the molecule is O=c1[nH]c2cc(-c3ccccc3Cl)sc2c(=O)n1-c1cccc2c1CCC2. The summed E-state index contributed by atoms with van der Waals surface area (Å²) in [6.07, 6.45) is 2.94. The highest BCUT2D eigenvalue weighted by molar-refractivity contribution is 7.22. The van der Waals surface area contributed by atoms with Crippen molar-refractivity contribution < 1.29 is 0 Å². The topological polar surface area (TPSA) is 54.9 Å². The number of halogens is 1. The van der Waals surface area contributed by atoms with Crippen molar-refractivity contribution in [2.45, 2.75) is 19.3 Å². The molecule has 27 heavy (non-hydrogen) atoms. The van der Waals surface area contributed by atoms with Gasteiger partial charge in [0.1, 0.15) is 4.70 Å². The molecule has 0 bridgehead atoms. The Labute approximate surface area is 163 Å². The number of aromatic amines is 1. The molecular formula is C21H15ClN2O2S. The van der Waals surface area contributed by atoms with Crippen molar-refractivity contribution in [1.82, 2.24) is 9.55 Å². The first-order valence-electron chi connectivity index (χ1n) is 8.78. The molecule has 0 saturated heterocycles. The van der Waals surface area contributed by atoms with E-state index < -0.39 is 5.69 Å². The van der Waals surface area contributed by atoms with E-state index in [9.17, 15) is 9.59 Å². The summed E-state index contributed by atoms with van der Waals surface area (Å²) in [4.78, 5) is 29.7. The minimum atomic E-state index is -0.406. The van der Waals surface area contributed by atoms with Crippen molar-refractivity contribution in [3.63, 3.8) is 0 Å². The van der Waals surface area contributed by atoms with Crippen LogP contribution in [0.25, 0.3) is 26.3 Å². The van der Waals surface area contributed by atoms with Gasteiger partial charge in [-0.3, -0.25) is 4.79 Å². The van der Waals surface area contributed by atoms with E-state index in [1.54, 1.807) is 0 Å². The lowest BCUT2D eigenvalue weighted by Crippen LogP contribution is -2.33. The van der Waals surface area contributed by atoms with Crippen molar-refractivity contribution >= 4 is 33.2 Å². The first kappa shape index (κ1) is 16.5. The molecule has 4 nitrogen and oxygen atoms in total. The van der Waals surface area contributed by atoms with Crippen LogP contribution in [0.15, 0.2) is 58.1 Å². The Balaban J connectivity index is 1.77. The lowest BCUT2D eigenvalue weighted by molar-refractivity contribution is 0.873. The van der Waals surface area contributed by atoms with Crippen molar-refractivity contribution in [2.75, 3.05) is 0 Å². The molecule has 0 atom stereocenters. The van der Waals surface area contributed by atoms with Gasteiger partial charge in [-0.15, -0.1) is 11.3 Å². The number of benzene rings is 2. The summed E-state index contributed by atoms with van der Waals surface area (Å²) in [6.45, 7) is 0. The second-order valence-corrected chi connectivity index (χ2v) is 8.13. The zero-order valence-electron chi connectivity index (χ0n) is 14.3. The van der Waals surface area contributed by atoms with Gasteiger partial charge < -0.3 is 4.98 Å². The average Bonchev–Trinajstić information content (AvgIpc) is 3.29. The van der Waals surface area contributed by atoms with Gasteiger partial charge in [-0.2, -0.15) is 0 Å². The van der Waals surface area contributed by atoms with Crippen molar-refractivity contribution in [3.05, 3.63) is 85.5 Å². The van der Waals surface area contributed by atoms with E-state index in [-0.39, 0.29) is 5.56 Å². The molecule has 2 aromatic heterocycles. The number of nitrogens with one attached hydrogen (secondary N) is 1. The van der Waals surface area contributed by atoms with Crippen LogP contribution >= 0.6 is 22.9 Å². The molecule has 0 saturated carbocycles. The number of nitrogens with zero attached hydrogens (tertiary/aromatic N) is 1. The minimum absolute atomic E-state index is 0.280. The lowest BCUT2D eigenvalue weighted by Gasteiger charge is -2.10. The number of hydrogen-bond donors (Lipinski definition) is 1. The predicted molar refractivity (Wildman–Crippen MR) is 111 cm³/mol. The molecule has 1 aliphatic rings. The van der Waals surface area contributed by atoms with Gasteiger partial charge >= 0.3 is 5.69 Å². The fourth-order valence-electron chi connectivity index (χ4n) is 3.83. The Hall–Kier alpha value is -2.63. The molecule has 0 spiro atoms. The molecule has 1 N–H and O–H groups in total. The predicted octanol–water partition coefficient (Wildman–Crippen LogP) is 4.55. The smallest absolute Gasteiger partial charge is 0.306 e. The maximum atomic E-state index is 13.2. The minimum Gasteiger partial charge on any atom is -0.306 e. The third-order valence-electron chi connectivity index (χ3n) is 5.08. The average molecular weight is 395 g/mol. The van der Waals surface area contributed by atoms with Crippen LogP contribution < -0.4 is 11.2 Å². The molecule has 0 fully saturated rings. The highest BCUT2D eigenvalue weighted by Crippen LogP contribution is 2.35. The first-order chi connectivity index (χ1) is 13.1. The largest absolute Gasteiger partial charge is 0.333 e. The van der Waals surface area contributed by atoms with Crippen molar-refractivity contribution in [1.29, 1.82) is 0 Å². The molecule has 2 aromatic carbocycles. The van der Waals surface area contributed by atoms with Gasteiger partial charge in [0, 0.05) is 15.5 Å². The highest BCUT2D eigenvalue weighted by Gasteiger charge is 2.20. The summed E-state index contributed by atoms with van der Waals surface area (Å²) >= 11 is 7.65. The monoisotopic (exact) mass is 394 g/mol. The number of hydrogen-bond acceptors (Lipinski definition) is 3. The number of rotatable bonds is 2. The van der Waals surface area contributed by atoms with Crippen LogP contribution in [0.4, 0.5) is 0 Å². The number of aromatic nitrogens is 2. The van der Waals surface area contributed by atoms with Gasteiger partial charge in [0.15, 0.2) is 0 Å². The standard InChI is InChI=1S/C21H15ClN2O2S/c22-15-9-2-1-7-14(15)18-11-16-19(27-18)20(25)24(21(26)23-16)17-10-4-6-12-5-3-8-13(12)17/h1-2,4,6-7,9-11H,3,5,8H2,(H,23,26). The maximum absolute atomic E-state index is 13.2. The van der Waals surface area contributed by atoms with Crippen LogP contribution in [0.5, 0.6) is 0 Å². The summed E-state index contributed by atoms with van der Waals surface area (Å²) in [7, 11) is 0. The Morgan fingerprint density at radius 3 is 2.74 bits per heavy atom. The Kier molecular flexibility index (Phi) is 3.81. The molecule has 2 heterocycles. The van der Waals surface area contributed by atoms with E-state index in [4.69, 9.17) is 11.6 Å². The van der Waals surface area contributed by atoms with Crippen LogP contribution in [0.1, 0.15) is 17.5 Å². The van der Waals surface area contributed by atoms with Gasteiger partial charge in [-0.25, -0.2) is 9.36 Å². The number of thiophene rings is 1. The fourth-order valence-corrected chi connectivity index (χ4v) is 5.21. The molecule has 134 valence electrons. The zero-order chi connectivity index (χ0) is 18.5. The summed E-state index contributed by atoms with van der Waals surface area (Å²) in [5.41, 5.74) is 3.75. The summed E-state index contributed by atoms with van der Waals surface area (Å²) in [5, 5.41) is 0.618. The second-order valence-electron chi connectivity index (χ2n) is 6.67. The van der Waals surface area contributed by atoms with E-state index >= 15 is 0 Å². The van der Waals surface area contributed by atoms with Gasteiger partial charge in [0.05, 0.1) is 11.2 Å². The number of fused-ring (bicyclic) bond motifs is 2. The molecule has 4 aromatic rings. The van der Waals surface area contributed by atoms with Gasteiger partial charge in [0.2, 0.25) is 0 Å². The molecule has 0 unspecified atom stereocenters. The van der Waals surface area contributed by atoms with E-state index in [1.807, 2.05) is 42.5 Å².